The SMILES string of the molecule is COc1ccccc1C(=O)N(C)c1ccnc2c1cnn2C(c1ccccc1)(c1ccccc1)c1ccccc1. The molecule has 0 spiro atoms. The molecule has 2 heterocycles. The van der Waals surface area contributed by atoms with E-state index >= 15 is 0 Å². The fraction of sp³-hybridized carbons (Fsp3) is 0.0882. The summed E-state index contributed by atoms with van der Waals surface area (Å²) < 4.78 is 7.44. The van der Waals surface area contributed by atoms with Crippen molar-refractivity contribution in [2.45, 2.75) is 5.54 Å². The second-order valence-corrected chi connectivity index (χ2v) is 9.50. The van der Waals surface area contributed by atoms with Crippen LogP contribution in [0, 0.1) is 0 Å². The smallest absolute Gasteiger partial charge is 0.261 e. The van der Waals surface area contributed by atoms with Crippen molar-refractivity contribution in [3.63, 3.8) is 0 Å². The van der Waals surface area contributed by atoms with Gasteiger partial charge in [0.15, 0.2) is 5.65 Å². The van der Waals surface area contributed by atoms with E-state index in [9.17, 15) is 4.79 Å². The third-order valence-electron chi connectivity index (χ3n) is 7.34. The predicted octanol–water partition coefficient (Wildman–Crippen LogP) is 6.56. The van der Waals surface area contributed by atoms with E-state index in [1.165, 1.54) is 0 Å². The van der Waals surface area contributed by atoms with Gasteiger partial charge in [0.2, 0.25) is 0 Å². The van der Waals surface area contributed by atoms with Crippen LogP contribution in [0.4, 0.5) is 5.69 Å². The van der Waals surface area contributed by atoms with Crippen LogP contribution in [-0.2, 0) is 5.54 Å². The van der Waals surface area contributed by atoms with Gasteiger partial charge in [0.05, 0.1) is 29.9 Å². The Bertz CT molecular complexity index is 1670. The fourth-order valence-corrected chi connectivity index (χ4v) is 5.47. The molecule has 0 aliphatic heterocycles. The van der Waals surface area contributed by atoms with Crippen molar-refractivity contribution in [3.05, 3.63) is 156 Å². The normalized spacial score (nSPS) is 11.3. The van der Waals surface area contributed by atoms with Gasteiger partial charge in [0.25, 0.3) is 5.91 Å². The molecule has 6 rings (SSSR count). The number of pyridine rings is 1. The van der Waals surface area contributed by atoms with Crippen molar-refractivity contribution >= 4 is 22.6 Å². The summed E-state index contributed by atoms with van der Waals surface area (Å²) in [5.41, 5.74) is 4.16. The Hall–Kier alpha value is -5.23. The Morgan fingerprint density at radius 3 is 1.82 bits per heavy atom. The van der Waals surface area contributed by atoms with Crippen molar-refractivity contribution < 1.29 is 9.53 Å². The highest BCUT2D eigenvalue weighted by Crippen LogP contribution is 2.42. The first kappa shape index (κ1) is 25.1. The first-order valence-electron chi connectivity index (χ1n) is 13.1. The minimum absolute atomic E-state index is 0.182. The Morgan fingerprint density at radius 2 is 1.27 bits per heavy atom. The Balaban J connectivity index is 1.60. The summed E-state index contributed by atoms with van der Waals surface area (Å²) in [7, 11) is 3.33. The van der Waals surface area contributed by atoms with Gasteiger partial charge in [-0.3, -0.25) is 4.79 Å². The van der Waals surface area contributed by atoms with Crippen LogP contribution in [0.3, 0.4) is 0 Å². The third kappa shape index (κ3) is 4.01. The first-order valence-corrected chi connectivity index (χ1v) is 13.1. The van der Waals surface area contributed by atoms with Crippen molar-refractivity contribution in [3.8, 4) is 5.75 Å². The molecular formula is C34H28N4O2. The summed E-state index contributed by atoms with van der Waals surface area (Å²) in [4.78, 5) is 20.1. The zero-order chi connectivity index (χ0) is 27.5. The number of benzene rings is 4. The lowest BCUT2D eigenvalue weighted by Gasteiger charge is -2.36. The molecule has 0 bridgehead atoms. The molecule has 196 valence electrons. The van der Waals surface area contributed by atoms with Crippen LogP contribution in [-0.4, -0.2) is 34.8 Å². The maximum atomic E-state index is 13.6. The quantitative estimate of drug-likeness (QED) is 0.222. The summed E-state index contributed by atoms with van der Waals surface area (Å²) in [5, 5.41) is 5.76. The maximum Gasteiger partial charge on any atom is 0.261 e. The van der Waals surface area contributed by atoms with E-state index in [-0.39, 0.29) is 5.91 Å². The summed E-state index contributed by atoms with van der Waals surface area (Å²) in [6, 6.07) is 40.1. The molecule has 4 aromatic carbocycles. The van der Waals surface area contributed by atoms with E-state index in [0.717, 1.165) is 22.1 Å². The van der Waals surface area contributed by atoms with Gasteiger partial charge in [-0.05, 0) is 34.9 Å². The number of amides is 1. The predicted molar refractivity (Wildman–Crippen MR) is 158 cm³/mol. The van der Waals surface area contributed by atoms with Gasteiger partial charge in [-0.1, -0.05) is 103 Å². The average molecular weight is 525 g/mol. The topological polar surface area (TPSA) is 60.2 Å². The average Bonchev–Trinajstić information content (AvgIpc) is 3.47. The molecule has 0 saturated carbocycles. The Labute approximate surface area is 233 Å². The van der Waals surface area contributed by atoms with E-state index < -0.39 is 5.54 Å². The molecule has 40 heavy (non-hydrogen) atoms. The fourth-order valence-electron chi connectivity index (χ4n) is 5.47. The van der Waals surface area contributed by atoms with Gasteiger partial charge in [-0.2, -0.15) is 5.10 Å². The highest BCUT2D eigenvalue weighted by Gasteiger charge is 2.41. The van der Waals surface area contributed by atoms with Crippen molar-refractivity contribution in [1.82, 2.24) is 14.8 Å². The maximum absolute atomic E-state index is 13.6. The van der Waals surface area contributed by atoms with E-state index in [1.807, 2.05) is 77.5 Å². The third-order valence-corrected chi connectivity index (χ3v) is 7.34. The number of methoxy groups -OCH3 is 1. The number of aromatic nitrogens is 3. The largest absolute Gasteiger partial charge is 0.496 e. The van der Waals surface area contributed by atoms with Crippen molar-refractivity contribution in [2.24, 2.45) is 0 Å². The van der Waals surface area contributed by atoms with Gasteiger partial charge >= 0.3 is 0 Å². The number of nitrogens with zero attached hydrogens (tertiary/aromatic N) is 4. The molecule has 0 unspecified atom stereocenters. The molecule has 0 aliphatic carbocycles. The molecular weight excluding hydrogens is 496 g/mol. The number of rotatable bonds is 7. The van der Waals surface area contributed by atoms with Crippen LogP contribution < -0.4 is 9.64 Å². The second kappa shape index (κ2) is 10.5. The molecule has 0 radical (unpaired) electrons. The van der Waals surface area contributed by atoms with Crippen LogP contribution >= 0.6 is 0 Å². The standard InChI is InChI=1S/C34H28N4O2/c1-37(33(39)28-20-12-13-21-31(28)40-2)30-22-23-35-32-29(30)24-36-38(32)34(25-14-6-3-7-15-25,26-16-8-4-9-17-26)27-18-10-5-11-19-27/h3-24H,1-2H3. The highest BCUT2D eigenvalue weighted by atomic mass is 16.5. The number of hydrogen-bond donors (Lipinski definition) is 0. The first-order chi connectivity index (χ1) is 19.7. The molecule has 2 aromatic heterocycles. The minimum atomic E-state index is -0.817. The molecule has 0 aliphatic rings. The molecule has 6 heteroatoms. The van der Waals surface area contributed by atoms with Gasteiger partial charge in [0.1, 0.15) is 11.3 Å². The molecule has 0 fully saturated rings. The van der Waals surface area contributed by atoms with Gasteiger partial charge in [-0.25, -0.2) is 9.67 Å². The van der Waals surface area contributed by atoms with Gasteiger partial charge in [-0.15, -0.1) is 0 Å². The number of anilines is 1. The van der Waals surface area contributed by atoms with Crippen LogP contribution in [0.5, 0.6) is 5.75 Å². The summed E-state index contributed by atoms with van der Waals surface area (Å²) in [6.07, 6.45) is 3.53. The molecule has 0 N–H and O–H groups in total. The minimum Gasteiger partial charge on any atom is -0.496 e. The van der Waals surface area contributed by atoms with E-state index in [4.69, 9.17) is 14.8 Å². The summed E-state index contributed by atoms with van der Waals surface area (Å²) in [5.74, 6) is 0.342. The molecule has 0 saturated heterocycles. The second-order valence-electron chi connectivity index (χ2n) is 9.50. The number of hydrogen-bond acceptors (Lipinski definition) is 4. The molecule has 0 atom stereocenters. The highest BCUT2D eigenvalue weighted by molar-refractivity contribution is 6.11. The monoisotopic (exact) mass is 524 g/mol. The Kier molecular flexibility index (Phi) is 6.58. The lowest BCUT2D eigenvalue weighted by molar-refractivity contribution is 0.0990. The van der Waals surface area contributed by atoms with E-state index in [2.05, 4.69) is 36.4 Å². The Morgan fingerprint density at radius 1 is 0.750 bits per heavy atom. The molecule has 6 aromatic rings. The lowest BCUT2D eigenvalue weighted by atomic mass is 9.77. The number of para-hydroxylation sites is 1. The van der Waals surface area contributed by atoms with Crippen molar-refractivity contribution in [2.75, 3.05) is 19.1 Å². The van der Waals surface area contributed by atoms with Gasteiger partial charge in [0, 0.05) is 13.2 Å². The number of ether oxygens (including phenoxy) is 1. The zero-order valence-corrected chi connectivity index (χ0v) is 22.3. The zero-order valence-electron chi connectivity index (χ0n) is 22.3. The number of fused-ring (bicyclic) bond motifs is 1. The van der Waals surface area contributed by atoms with Crippen LogP contribution in [0.25, 0.3) is 11.0 Å². The number of carbonyl (C=O) groups excluding carboxylic acids is 1. The lowest BCUT2D eigenvalue weighted by Crippen LogP contribution is -2.38. The summed E-state index contributed by atoms with van der Waals surface area (Å²) >= 11 is 0. The van der Waals surface area contributed by atoms with Crippen LogP contribution in [0.15, 0.2) is 134 Å². The summed E-state index contributed by atoms with van der Waals surface area (Å²) in [6.45, 7) is 0. The van der Waals surface area contributed by atoms with Crippen molar-refractivity contribution in [1.29, 1.82) is 0 Å². The molecule has 1 amide bonds. The van der Waals surface area contributed by atoms with Gasteiger partial charge < -0.3 is 9.64 Å². The number of carbonyl (C=O) groups is 1. The van der Waals surface area contributed by atoms with E-state index in [0.29, 0.717) is 22.6 Å². The van der Waals surface area contributed by atoms with E-state index in [1.54, 1.807) is 43.6 Å². The van der Waals surface area contributed by atoms with Crippen LogP contribution in [0.1, 0.15) is 27.0 Å². The van der Waals surface area contributed by atoms with Crippen LogP contribution in [0.2, 0.25) is 0 Å². The molecule has 6 nitrogen and oxygen atoms in total.